The van der Waals surface area contributed by atoms with Crippen LogP contribution in [0, 0.1) is 0 Å². The summed E-state index contributed by atoms with van der Waals surface area (Å²) in [5.74, 6) is 0. The Morgan fingerprint density at radius 2 is 1.71 bits per heavy atom. The molecule has 0 bridgehead atoms. The molecular formula is C18H28N2S. The number of hydrogen-bond acceptors (Lipinski definition) is 3. The van der Waals surface area contributed by atoms with E-state index in [1.807, 2.05) is 11.8 Å². The smallest absolute Gasteiger partial charge is 0.0177 e. The van der Waals surface area contributed by atoms with Gasteiger partial charge in [0.25, 0.3) is 0 Å². The Balaban J connectivity index is 1.45. The Labute approximate surface area is 133 Å². The lowest BCUT2D eigenvalue weighted by atomic mass is 10.1. The Kier molecular flexibility index (Phi) is 5.25. The summed E-state index contributed by atoms with van der Waals surface area (Å²) in [6.45, 7) is 8.65. The first-order chi connectivity index (χ1) is 10.3. The lowest BCUT2D eigenvalue weighted by Gasteiger charge is -2.38. The van der Waals surface area contributed by atoms with Crippen LogP contribution in [0.5, 0.6) is 0 Å². The van der Waals surface area contributed by atoms with Gasteiger partial charge in [0.15, 0.2) is 0 Å². The molecule has 0 unspecified atom stereocenters. The van der Waals surface area contributed by atoms with E-state index in [-0.39, 0.29) is 0 Å². The molecule has 0 radical (unpaired) electrons. The number of fused-ring (bicyclic) bond motifs is 1. The van der Waals surface area contributed by atoms with E-state index < -0.39 is 0 Å². The average molecular weight is 305 g/mol. The highest BCUT2D eigenvalue weighted by atomic mass is 32.2. The van der Waals surface area contributed by atoms with Gasteiger partial charge in [0.2, 0.25) is 0 Å². The van der Waals surface area contributed by atoms with Gasteiger partial charge in [-0.15, -0.1) is 0 Å². The first-order valence-corrected chi connectivity index (χ1v) is 9.61. The van der Waals surface area contributed by atoms with Crippen molar-refractivity contribution >= 4 is 11.8 Å². The number of piperazine rings is 1. The highest BCUT2D eigenvalue weighted by molar-refractivity contribution is 7.99. The van der Waals surface area contributed by atoms with Gasteiger partial charge >= 0.3 is 0 Å². The van der Waals surface area contributed by atoms with Gasteiger partial charge in [0.1, 0.15) is 0 Å². The van der Waals surface area contributed by atoms with Gasteiger partial charge in [-0.3, -0.25) is 4.90 Å². The summed E-state index contributed by atoms with van der Waals surface area (Å²) in [7, 11) is 0. The van der Waals surface area contributed by atoms with Gasteiger partial charge < -0.3 is 4.90 Å². The quantitative estimate of drug-likeness (QED) is 0.826. The van der Waals surface area contributed by atoms with Crippen molar-refractivity contribution in [3.63, 3.8) is 0 Å². The molecule has 1 aliphatic heterocycles. The predicted molar refractivity (Wildman–Crippen MR) is 93.2 cm³/mol. The minimum absolute atomic E-state index is 0.759. The zero-order chi connectivity index (χ0) is 14.7. The maximum Gasteiger partial charge on any atom is 0.0177 e. The fourth-order valence-corrected chi connectivity index (χ4v) is 3.97. The summed E-state index contributed by atoms with van der Waals surface area (Å²) in [5, 5.41) is 0.798. The number of rotatable bonds is 5. The Morgan fingerprint density at radius 1 is 1.10 bits per heavy atom. The molecule has 21 heavy (non-hydrogen) atoms. The van der Waals surface area contributed by atoms with E-state index in [1.54, 1.807) is 11.1 Å². The molecule has 116 valence electrons. The highest BCUT2D eigenvalue weighted by Crippen LogP contribution is 2.26. The van der Waals surface area contributed by atoms with Crippen LogP contribution in [0.3, 0.4) is 0 Å². The van der Waals surface area contributed by atoms with Crippen LogP contribution in [0.2, 0.25) is 0 Å². The molecule has 1 heterocycles. The summed E-state index contributed by atoms with van der Waals surface area (Å²) in [6, 6.07) is 9.76. The molecule has 1 atom stereocenters. The average Bonchev–Trinajstić information content (AvgIpc) is 2.97. The zero-order valence-electron chi connectivity index (χ0n) is 13.4. The number of benzene rings is 1. The second-order valence-electron chi connectivity index (χ2n) is 6.54. The third-order valence-electron chi connectivity index (χ3n) is 5.21. The molecule has 0 spiro atoms. The lowest BCUT2D eigenvalue weighted by Crippen LogP contribution is -2.50. The Hall–Kier alpha value is -0.510. The topological polar surface area (TPSA) is 6.48 Å². The van der Waals surface area contributed by atoms with Crippen molar-refractivity contribution in [2.24, 2.45) is 0 Å². The molecule has 0 amide bonds. The largest absolute Gasteiger partial charge is 0.301 e. The van der Waals surface area contributed by atoms with E-state index in [0.29, 0.717) is 0 Å². The predicted octanol–water partition coefficient (Wildman–Crippen LogP) is 2.91. The fraction of sp³-hybridized carbons (Fsp3) is 0.667. The van der Waals surface area contributed by atoms with Crippen LogP contribution in [0.15, 0.2) is 24.3 Å². The molecule has 2 nitrogen and oxygen atoms in total. The molecule has 3 rings (SSSR count). The van der Waals surface area contributed by atoms with E-state index in [1.165, 1.54) is 52.0 Å². The van der Waals surface area contributed by atoms with E-state index in [9.17, 15) is 0 Å². The summed E-state index contributed by atoms with van der Waals surface area (Å²) in [5.41, 5.74) is 3.16. The minimum atomic E-state index is 0.759. The summed E-state index contributed by atoms with van der Waals surface area (Å²) >= 11 is 1.99. The number of thioether (sulfide) groups is 1. The SMILES string of the molecule is CS[C@@H](C)CCN1CCN(C2Cc3ccccc3C2)CC1. The van der Waals surface area contributed by atoms with Gasteiger partial charge in [0.05, 0.1) is 0 Å². The van der Waals surface area contributed by atoms with Gasteiger partial charge in [-0.2, -0.15) is 11.8 Å². The van der Waals surface area contributed by atoms with Crippen molar-refractivity contribution < 1.29 is 0 Å². The first-order valence-electron chi connectivity index (χ1n) is 8.32. The van der Waals surface area contributed by atoms with Crippen LogP contribution in [-0.4, -0.2) is 60.1 Å². The molecule has 0 saturated carbocycles. The van der Waals surface area contributed by atoms with E-state index >= 15 is 0 Å². The molecule has 0 N–H and O–H groups in total. The van der Waals surface area contributed by atoms with Crippen LogP contribution >= 0.6 is 11.8 Å². The van der Waals surface area contributed by atoms with Crippen molar-refractivity contribution in [3.05, 3.63) is 35.4 Å². The van der Waals surface area contributed by atoms with Crippen molar-refractivity contribution in [3.8, 4) is 0 Å². The first kappa shape index (κ1) is 15.4. The summed E-state index contributed by atoms with van der Waals surface area (Å²) in [6.07, 6.45) is 6.08. The molecule has 3 heteroatoms. The van der Waals surface area contributed by atoms with Crippen molar-refractivity contribution in [1.82, 2.24) is 9.80 Å². The lowest BCUT2D eigenvalue weighted by molar-refractivity contribution is 0.0986. The Morgan fingerprint density at radius 3 is 2.29 bits per heavy atom. The number of nitrogens with zero attached hydrogens (tertiary/aromatic N) is 2. The van der Waals surface area contributed by atoms with Crippen LogP contribution in [-0.2, 0) is 12.8 Å². The van der Waals surface area contributed by atoms with Crippen LogP contribution < -0.4 is 0 Å². The molecule has 2 aliphatic rings. The standard InChI is InChI=1S/C18H28N2S/c1-15(21-2)7-8-19-9-11-20(12-10-19)18-13-16-5-3-4-6-17(16)14-18/h3-6,15,18H,7-14H2,1-2H3/t15-/m0/s1. The van der Waals surface area contributed by atoms with Gasteiger partial charge in [0, 0.05) is 37.5 Å². The van der Waals surface area contributed by atoms with Gasteiger partial charge in [-0.05, 0) is 43.2 Å². The van der Waals surface area contributed by atoms with Crippen molar-refractivity contribution in [2.45, 2.75) is 37.5 Å². The molecule has 1 aromatic rings. The van der Waals surface area contributed by atoms with E-state index in [4.69, 9.17) is 0 Å². The highest BCUT2D eigenvalue weighted by Gasteiger charge is 2.28. The Bertz CT molecular complexity index is 429. The second kappa shape index (κ2) is 7.17. The number of hydrogen-bond donors (Lipinski definition) is 0. The summed E-state index contributed by atoms with van der Waals surface area (Å²) < 4.78 is 0. The summed E-state index contributed by atoms with van der Waals surface area (Å²) in [4.78, 5) is 5.39. The van der Waals surface area contributed by atoms with Crippen LogP contribution in [0.4, 0.5) is 0 Å². The molecular weight excluding hydrogens is 276 g/mol. The fourth-order valence-electron chi connectivity index (χ4n) is 3.63. The molecule has 1 fully saturated rings. The molecule has 1 saturated heterocycles. The van der Waals surface area contributed by atoms with Gasteiger partial charge in [-0.25, -0.2) is 0 Å². The molecule has 1 aliphatic carbocycles. The molecule has 1 aromatic carbocycles. The third kappa shape index (κ3) is 3.82. The minimum Gasteiger partial charge on any atom is -0.301 e. The third-order valence-corrected chi connectivity index (χ3v) is 6.25. The molecule has 0 aromatic heterocycles. The van der Waals surface area contributed by atoms with E-state index in [0.717, 1.165) is 11.3 Å². The maximum atomic E-state index is 2.73. The van der Waals surface area contributed by atoms with Gasteiger partial charge in [-0.1, -0.05) is 31.2 Å². The maximum absolute atomic E-state index is 2.73. The zero-order valence-corrected chi connectivity index (χ0v) is 14.2. The van der Waals surface area contributed by atoms with Crippen molar-refractivity contribution in [2.75, 3.05) is 39.0 Å². The monoisotopic (exact) mass is 304 g/mol. The normalized spacial score (nSPS) is 22.4. The van der Waals surface area contributed by atoms with Crippen LogP contribution in [0.25, 0.3) is 0 Å². The van der Waals surface area contributed by atoms with E-state index in [2.05, 4.69) is 47.2 Å². The van der Waals surface area contributed by atoms with Crippen molar-refractivity contribution in [1.29, 1.82) is 0 Å². The second-order valence-corrected chi connectivity index (χ2v) is 7.82. The van der Waals surface area contributed by atoms with Crippen LogP contribution in [0.1, 0.15) is 24.5 Å².